The molecule has 14 heteroatoms. The summed E-state index contributed by atoms with van der Waals surface area (Å²) in [5.41, 5.74) is 1.99. The van der Waals surface area contributed by atoms with Crippen molar-refractivity contribution < 1.29 is 38.2 Å². The van der Waals surface area contributed by atoms with Gasteiger partial charge < -0.3 is 23.7 Å². The largest absolute Gasteiger partial charge is 0.487 e. The van der Waals surface area contributed by atoms with Gasteiger partial charge in [-0.05, 0) is 91.2 Å². The van der Waals surface area contributed by atoms with Gasteiger partial charge in [-0.1, -0.05) is 114 Å². The normalized spacial score (nSPS) is 14.3. The Morgan fingerprint density at radius 1 is 0.649 bits per heavy atom. The number of rotatable bonds is 18. The number of aryl methyl sites for hydroxylation is 1. The van der Waals surface area contributed by atoms with E-state index in [9.17, 15) is 19.7 Å². The molecule has 0 saturated heterocycles. The Bertz CT molecular complexity index is 3410. The number of carbonyl (C=O) groups excluding carboxylic acids is 2. The molecule has 0 aliphatic carbocycles. The average molecular weight is 1000 g/mol. The highest BCUT2D eigenvalue weighted by atomic mass is 31.2. The van der Waals surface area contributed by atoms with Crippen LogP contribution >= 0.6 is 7.26 Å². The molecule has 1 aromatic heterocycles. The summed E-state index contributed by atoms with van der Waals surface area (Å²) < 4.78 is 32.9. The van der Waals surface area contributed by atoms with E-state index in [0.29, 0.717) is 46.0 Å². The number of fused-ring (bicyclic) bond motifs is 6. The van der Waals surface area contributed by atoms with Crippen LogP contribution in [0.25, 0.3) is 0 Å². The van der Waals surface area contributed by atoms with E-state index in [1.54, 1.807) is 36.4 Å². The number of hydrogen-bond donors (Lipinski definition) is 0. The molecule has 3 heterocycles. The number of nitrogens with zero attached hydrogens (tertiary/aromatic N) is 4. The maximum absolute atomic E-state index is 13.9. The van der Waals surface area contributed by atoms with Crippen LogP contribution in [-0.2, 0) is 41.4 Å². The quantitative estimate of drug-likeness (QED) is 0.0201. The minimum absolute atomic E-state index is 0.0260. The van der Waals surface area contributed by atoms with Gasteiger partial charge in [0.25, 0.3) is 5.69 Å². The zero-order valence-electron chi connectivity index (χ0n) is 40.0. The van der Waals surface area contributed by atoms with E-state index in [1.807, 2.05) is 59.4 Å². The fraction of sp³-hybridized carbons (Fsp3) is 0.133. The van der Waals surface area contributed by atoms with Crippen LogP contribution in [0.15, 0.2) is 206 Å². The fourth-order valence-corrected chi connectivity index (χ4v) is 14.5. The lowest BCUT2D eigenvalue weighted by Gasteiger charge is -2.36. The lowest BCUT2D eigenvalue weighted by atomic mass is 9.77. The van der Waals surface area contributed by atoms with Crippen LogP contribution in [0.5, 0.6) is 23.0 Å². The molecule has 0 bridgehead atoms. The van der Waals surface area contributed by atoms with Gasteiger partial charge in [-0.25, -0.2) is 9.59 Å². The summed E-state index contributed by atoms with van der Waals surface area (Å²) in [7, 11) is -1.95. The van der Waals surface area contributed by atoms with Crippen LogP contribution < -0.4 is 30.1 Å². The van der Waals surface area contributed by atoms with Gasteiger partial charge in [-0.15, -0.1) is 5.10 Å². The molecule has 0 amide bonds. The van der Waals surface area contributed by atoms with Gasteiger partial charge in [0.2, 0.25) is 0 Å². The molecule has 1 atom stereocenters. The number of unbranched alkanes of at least 4 members (excludes halogenated alkanes) is 1. The molecule has 13 nitrogen and oxygen atoms in total. The van der Waals surface area contributed by atoms with E-state index in [1.165, 1.54) is 40.2 Å². The minimum Gasteiger partial charge on any atom is -0.487 e. The van der Waals surface area contributed by atoms with Crippen molar-refractivity contribution in [2.75, 3.05) is 6.16 Å². The summed E-state index contributed by atoms with van der Waals surface area (Å²) in [6, 6.07) is 63.6. The van der Waals surface area contributed by atoms with Gasteiger partial charge in [0, 0.05) is 41.4 Å². The molecule has 2 aliphatic heterocycles. The Kier molecular flexibility index (Phi) is 13.3. The van der Waals surface area contributed by atoms with Crippen molar-refractivity contribution in [2.45, 2.75) is 44.8 Å². The second kappa shape index (κ2) is 20.8. The highest BCUT2D eigenvalue weighted by molar-refractivity contribution is 7.95. The van der Waals surface area contributed by atoms with Crippen molar-refractivity contribution in [1.82, 2.24) is 15.0 Å². The van der Waals surface area contributed by atoms with Crippen molar-refractivity contribution in [3.63, 3.8) is 0 Å². The van der Waals surface area contributed by atoms with E-state index in [0.717, 1.165) is 24.6 Å². The zero-order chi connectivity index (χ0) is 50.5. The summed E-state index contributed by atoms with van der Waals surface area (Å²) in [6.07, 6.45) is 4.79. The lowest BCUT2D eigenvalue weighted by molar-refractivity contribution is -0.386. The highest BCUT2D eigenvalue weighted by Crippen LogP contribution is 2.58. The average Bonchev–Trinajstić information content (AvgIpc) is 4.03. The summed E-state index contributed by atoms with van der Waals surface area (Å²) in [4.78, 5) is 39.1. The van der Waals surface area contributed by atoms with E-state index < -0.39 is 29.7 Å². The van der Waals surface area contributed by atoms with Crippen LogP contribution in [0.1, 0.15) is 67.1 Å². The molecular formula is C60H48N4O9P+. The smallest absolute Gasteiger partial charge is 0.344 e. The van der Waals surface area contributed by atoms with Crippen LogP contribution in [0, 0.1) is 10.1 Å². The predicted molar refractivity (Wildman–Crippen MR) is 281 cm³/mol. The van der Waals surface area contributed by atoms with Crippen LogP contribution in [-0.4, -0.2) is 38.0 Å². The molecule has 0 radical (unpaired) electrons. The molecule has 0 fully saturated rings. The summed E-state index contributed by atoms with van der Waals surface area (Å²) >= 11 is 0. The molecule has 11 rings (SSSR count). The van der Waals surface area contributed by atoms with E-state index >= 15 is 0 Å². The van der Waals surface area contributed by atoms with Crippen molar-refractivity contribution in [3.05, 3.63) is 261 Å². The number of carbonyl (C=O) groups is 2. The highest BCUT2D eigenvalue weighted by Gasteiger charge is 2.53. The second-order valence-electron chi connectivity index (χ2n) is 18.0. The first-order valence-electron chi connectivity index (χ1n) is 24.3. The first kappa shape index (κ1) is 47.5. The molecule has 8 aromatic carbocycles. The van der Waals surface area contributed by atoms with Gasteiger partial charge in [-0.3, -0.25) is 14.8 Å². The van der Waals surface area contributed by atoms with Crippen LogP contribution in [0.4, 0.5) is 5.69 Å². The van der Waals surface area contributed by atoms with E-state index in [2.05, 4.69) is 101 Å². The third-order valence-corrected chi connectivity index (χ3v) is 18.0. The third-order valence-electron chi connectivity index (χ3n) is 13.5. The Morgan fingerprint density at radius 3 is 1.92 bits per heavy atom. The summed E-state index contributed by atoms with van der Waals surface area (Å²) in [5.74, 6) is -0.172. The second-order valence-corrected chi connectivity index (χ2v) is 21.6. The molecule has 2 aliphatic rings. The number of aromatic nitrogens is 3. The number of nitro groups is 1. The monoisotopic (exact) mass is 999 g/mol. The fourth-order valence-electron chi connectivity index (χ4n) is 10.1. The maximum Gasteiger partial charge on any atom is 0.344 e. The van der Waals surface area contributed by atoms with Crippen molar-refractivity contribution in [1.29, 1.82) is 0 Å². The molecule has 9 aromatic rings. The maximum atomic E-state index is 13.9. The topological polar surface area (TPSA) is 154 Å². The number of ether oxygens (including phenoxy) is 5. The summed E-state index contributed by atoms with van der Waals surface area (Å²) in [5, 5.41) is 25.1. The van der Waals surface area contributed by atoms with Crippen molar-refractivity contribution >= 4 is 40.8 Å². The molecule has 0 saturated carbocycles. The molecular weight excluding hydrogens is 952 g/mol. The predicted octanol–water partition coefficient (Wildman–Crippen LogP) is 11.0. The molecule has 1 spiro atoms. The standard InChI is InChI=1S/C60H48N4O9P/c65-58(49-27-17-29-55(64(67)68)51(49)41-69-39-42-18-5-1-6-19-42)71-45-31-33-54-57(37-45)72-56-36-44(30-32-53(56)60(54)52-28-14-13-26-50(52)59(66)73-60)70-40-43-38-63(62-61-43)34-15-16-35-74(46-20-7-2-8-21-46,47-22-9-3-10-23-47)48-24-11-4-12-25-48/h1-14,17-33,36-38H,15-16,34-35,39-41H2/q+1. The molecule has 1 unspecified atom stereocenters. The lowest BCUT2D eigenvalue weighted by Crippen LogP contribution is -2.33. The van der Waals surface area contributed by atoms with Crippen LogP contribution in [0.3, 0.4) is 0 Å². The third kappa shape index (κ3) is 9.19. The summed E-state index contributed by atoms with van der Waals surface area (Å²) in [6.45, 7) is 0.782. The molecule has 366 valence electrons. The minimum atomic E-state index is -1.95. The van der Waals surface area contributed by atoms with Gasteiger partial charge >= 0.3 is 11.9 Å². The Labute approximate surface area is 427 Å². The van der Waals surface area contributed by atoms with Gasteiger partial charge in [0.05, 0.1) is 47.2 Å². The van der Waals surface area contributed by atoms with Crippen molar-refractivity contribution in [3.8, 4) is 23.0 Å². The molecule has 74 heavy (non-hydrogen) atoms. The Hall–Kier alpha value is -8.77. The molecule has 0 N–H and O–H groups in total. The zero-order valence-corrected chi connectivity index (χ0v) is 40.9. The van der Waals surface area contributed by atoms with Gasteiger partial charge in [0.15, 0.2) is 5.60 Å². The van der Waals surface area contributed by atoms with Gasteiger partial charge in [-0.2, -0.15) is 0 Å². The number of hydrogen-bond acceptors (Lipinski definition) is 11. The number of esters is 2. The number of nitro benzene ring substituents is 1. The van der Waals surface area contributed by atoms with Crippen molar-refractivity contribution in [2.24, 2.45) is 0 Å². The van der Waals surface area contributed by atoms with Gasteiger partial charge in [0.1, 0.15) is 58.5 Å². The Balaban J connectivity index is 0.806. The Morgan fingerprint density at radius 2 is 1.26 bits per heavy atom. The first-order chi connectivity index (χ1) is 36.3. The van der Waals surface area contributed by atoms with E-state index in [4.69, 9.17) is 23.7 Å². The van der Waals surface area contributed by atoms with Crippen LogP contribution in [0.2, 0.25) is 0 Å². The number of benzene rings is 8. The SMILES string of the molecule is O=C1OC2(c3ccc(OCc4cn(CCCC[P+](c5ccccc5)(c5ccccc5)c5ccccc5)nn4)cc3Oc3cc(OC(=O)c4cccc([N+](=O)[O-])c4COCc4ccccc4)ccc32)c2ccccc21. The first-order valence-corrected chi connectivity index (χ1v) is 26.2. The van der Waals surface area contributed by atoms with E-state index in [-0.39, 0.29) is 48.1 Å².